The zero-order valence-corrected chi connectivity index (χ0v) is 17.1. The summed E-state index contributed by atoms with van der Waals surface area (Å²) in [6.07, 6.45) is 7.45. The van der Waals surface area contributed by atoms with Gasteiger partial charge in [0, 0.05) is 29.8 Å². The van der Waals surface area contributed by atoms with Crippen LogP contribution < -0.4 is 43.5 Å². The normalized spacial score (nSPS) is 9.63. The molecule has 6 nitrogen and oxygen atoms in total. The van der Waals surface area contributed by atoms with E-state index in [9.17, 15) is 9.59 Å². The Bertz CT molecular complexity index is 900. The maximum atomic E-state index is 11.2. The summed E-state index contributed by atoms with van der Waals surface area (Å²) in [6, 6.07) is 12.0. The smallest absolute Gasteiger partial charge is 0.335 e. The van der Waals surface area contributed by atoms with Crippen molar-refractivity contribution in [2.24, 2.45) is 0 Å². The van der Waals surface area contributed by atoms with Crippen molar-refractivity contribution in [2.75, 3.05) is 0 Å². The van der Waals surface area contributed by atoms with E-state index in [1.807, 2.05) is 53.6 Å². The number of rotatable bonds is 5. The number of aromatic carboxylic acids is 2. The van der Waals surface area contributed by atoms with Gasteiger partial charge >= 0.3 is 11.9 Å². The first-order valence-electron chi connectivity index (χ1n) is 7.59. The summed E-state index contributed by atoms with van der Waals surface area (Å²) >= 11 is 0. The highest BCUT2D eigenvalue weighted by Gasteiger charge is 2.14. The highest BCUT2D eigenvalue weighted by atomic mass is 79.9. The highest BCUT2D eigenvalue weighted by molar-refractivity contribution is 5.94. The molecule has 3 rings (SSSR count). The minimum atomic E-state index is -1.15. The molecule has 2 aromatic heterocycles. The fraction of sp³-hybridized carbons (Fsp3) is 0.0526. The molecule has 0 saturated carbocycles. The van der Waals surface area contributed by atoms with Crippen LogP contribution >= 0.6 is 0 Å². The lowest BCUT2D eigenvalue weighted by molar-refractivity contribution is -0.688. The molecule has 0 atom stereocenters. The van der Waals surface area contributed by atoms with Gasteiger partial charge in [-0.25, -0.2) is 19.1 Å². The second kappa shape index (κ2) is 9.94. The van der Waals surface area contributed by atoms with Crippen LogP contribution in [0.25, 0.3) is 11.1 Å². The number of hydrogen-bond acceptors (Lipinski definition) is 2. The molecule has 0 radical (unpaired) electrons. The Balaban J connectivity index is 0.00000182. The van der Waals surface area contributed by atoms with Gasteiger partial charge in [-0.05, 0) is 29.3 Å². The van der Waals surface area contributed by atoms with Crippen molar-refractivity contribution in [1.29, 1.82) is 0 Å². The first-order chi connectivity index (χ1) is 12.0. The first-order valence-corrected chi connectivity index (χ1v) is 7.59. The SMILES string of the molecule is O=C(O)c1cc(C[n+]2ccc(-c3cc[nH+]cc3)cc2)cc(C(=O)O)c1.[Br-].[Br-]. The van der Waals surface area contributed by atoms with Gasteiger partial charge in [0.2, 0.25) is 0 Å². The molecule has 0 aliphatic rings. The molecule has 0 saturated heterocycles. The van der Waals surface area contributed by atoms with Crippen molar-refractivity contribution >= 4 is 11.9 Å². The van der Waals surface area contributed by atoms with Crippen LogP contribution in [0.1, 0.15) is 26.3 Å². The monoisotopic (exact) mass is 494 g/mol. The molecule has 140 valence electrons. The molecule has 3 aromatic rings. The molecular formula is C19H16Br2N2O4. The van der Waals surface area contributed by atoms with E-state index in [4.69, 9.17) is 10.2 Å². The number of nitrogens with one attached hydrogen (secondary N) is 1. The van der Waals surface area contributed by atoms with E-state index in [2.05, 4.69) is 4.98 Å². The van der Waals surface area contributed by atoms with Gasteiger partial charge in [0.15, 0.2) is 31.3 Å². The molecule has 0 aliphatic heterocycles. The Morgan fingerprint density at radius 3 is 1.78 bits per heavy atom. The van der Waals surface area contributed by atoms with Crippen molar-refractivity contribution in [2.45, 2.75) is 6.54 Å². The number of carboxylic acids is 2. The van der Waals surface area contributed by atoms with Gasteiger partial charge in [0.25, 0.3) is 0 Å². The van der Waals surface area contributed by atoms with Gasteiger partial charge in [0.1, 0.15) is 0 Å². The minimum Gasteiger partial charge on any atom is -1.00 e. The molecule has 2 heterocycles. The average molecular weight is 496 g/mol. The minimum absolute atomic E-state index is 0. The van der Waals surface area contributed by atoms with Gasteiger partial charge in [-0.2, -0.15) is 0 Å². The van der Waals surface area contributed by atoms with Crippen LogP contribution in [0.3, 0.4) is 0 Å². The van der Waals surface area contributed by atoms with E-state index in [1.54, 1.807) is 0 Å². The first kappa shape index (κ1) is 22.5. The summed E-state index contributed by atoms with van der Waals surface area (Å²) in [5.74, 6) is -2.30. The van der Waals surface area contributed by atoms with Gasteiger partial charge in [0.05, 0.1) is 11.1 Å². The van der Waals surface area contributed by atoms with Crippen LogP contribution in [0.15, 0.2) is 67.3 Å². The van der Waals surface area contributed by atoms with E-state index >= 15 is 0 Å². The van der Waals surface area contributed by atoms with Crippen molar-refractivity contribution in [3.63, 3.8) is 0 Å². The topological polar surface area (TPSA) is 92.6 Å². The van der Waals surface area contributed by atoms with E-state index in [0.29, 0.717) is 12.1 Å². The molecule has 8 heteroatoms. The van der Waals surface area contributed by atoms with Gasteiger partial charge < -0.3 is 44.2 Å². The third-order valence-corrected chi connectivity index (χ3v) is 3.79. The molecule has 0 aliphatic carbocycles. The quantitative estimate of drug-likeness (QED) is 0.352. The molecule has 27 heavy (non-hydrogen) atoms. The van der Waals surface area contributed by atoms with Crippen LogP contribution in [0, 0.1) is 0 Å². The summed E-state index contributed by atoms with van der Waals surface area (Å²) in [6.45, 7) is 0.379. The van der Waals surface area contributed by atoms with Gasteiger partial charge in [-0.3, -0.25) is 0 Å². The lowest BCUT2D eigenvalue weighted by Crippen LogP contribution is -3.00. The highest BCUT2D eigenvalue weighted by Crippen LogP contribution is 2.16. The summed E-state index contributed by atoms with van der Waals surface area (Å²) < 4.78 is 1.87. The Morgan fingerprint density at radius 2 is 1.30 bits per heavy atom. The lowest BCUT2D eigenvalue weighted by Gasteiger charge is -2.04. The van der Waals surface area contributed by atoms with E-state index in [-0.39, 0.29) is 45.1 Å². The van der Waals surface area contributed by atoms with Crippen molar-refractivity contribution in [3.8, 4) is 11.1 Å². The summed E-state index contributed by atoms with van der Waals surface area (Å²) in [7, 11) is 0. The van der Waals surface area contributed by atoms with Crippen LogP contribution in [-0.4, -0.2) is 22.2 Å². The molecule has 1 aromatic carbocycles. The number of carbonyl (C=O) groups is 2. The number of carboxylic acid groups (broad SMARTS) is 2. The van der Waals surface area contributed by atoms with E-state index in [1.165, 1.54) is 12.1 Å². The second-order valence-corrected chi connectivity index (χ2v) is 5.58. The number of H-pyrrole nitrogens is 1. The Kier molecular flexibility index (Phi) is 8.27. The maximum Gasteiger partial charge on any atom is 0.335 e. The number of aromatic amines is 1. The molecule has 0 unspecified atom stereocenters. The number of halogens is 2. The number of pyridine rings is 2. The summed E-state index contributed by atoms with van der Waals surface area (Å²) in [4.78, 5) is 25.3. The van der Waals surface area contributed by atoms with Crippen LogP contribution in [-0.2, 0) is 6.54 Å². The van der Waals surface area contributed by atoms with Crippen LogP contribution in [0.5, 0.6) is 0 Å². The van der Waals surface area contributed by atoms with Crippen molar-refractivity contribution in [1.82, 2.24) is 0 Å². The lowest BCUT2D eigenvalue weighted by atomic mass is 10.1. The number of nitrogens with zero attached hydrogens (tertiary/aromatic N) is 1. The predicted molar refractivity (Wildman–Crippen MR) is 88.1 cm³/mol. The summed E-state index contributed by atoms with van der Waals surface area (Å²) in [5.41, 5.74) is 2.67. The molecule has 3 N–H and O–H groups in total. The maximum absolute atomic E-state index is 11.2. The van der Waals surface area contributed by atoms with E-state index in [0.717, 1.165) is 17.2 Å². The van der Waals surface area contributed by atoms with Gasteiger partial charge in [-0.15, -0.1) is 0 Å². The Hall–Kier alpha value is -2.58. The Labute approximate surface area is 176 Å². The second-order valence-electron chi connectivity index (χ2n) is 5.58. The number of aromatic nitrogens is 2. The standard InChI is InChI=1S/C19H14N2O4.2BrH/c22-18(23)16-9-13(10-17(11-16)19(24)25)12-21-7-3-15(4-8-21)14-1-5-20-6-2-14;;/h1-11H,12H2,(H-,22,23,24,25);2*1H. The number of benzene rings is 1. The van der Waals surface area contributed by atoms with Crippen molar-refractivity contribution in [3.05, 3.63) is 83.9 Å². The largest absolute Gasteiger partial charge is 1.00 e. The van der Waals surface area contributed by atoms with Gasteiger partial charge in [-0.1, -0.05) is 0 Å². The third kappa shape index (κ3) is 5.70. The van der Waals surface area contributed by atoms with Crippen molar-refractivity contribution < 1.29 is 63.3 Å². The molecule has 0 amide bonds. The Morgan fingerprint density at radius 1 is 0.815 bits per heavy atom. The fourth-order valence-corrected chi connectivity index (χ4v) is 2.58. The molecule has 0 fully saturated rings. The molecule has 0 spiro atoms. The third-order valence-electron chi connectivity index (χ3n) is 3.79. The summed E-state index contributed by atoms with van der Waals surface area (Å²) in [5, 5.41) is 18.3. The molecular weight excluding hydrogens is 480 g/mol. The van der Waals surface area contributed by atoms with E-state index < -0.39 is 11.9 Å². The fourth-order valence-electron chi connectivity index (χ4n) is 2.58. The van der Waals surface area contributed by atoms with Crippen LogP contribution in [0.4, 0.5) is 0 Å². The molecule has 0 bridgehead atoms. The van der Waals surface area contributed by atoms with Crippen LogP contribution in [0.2, 0.25) is 0 Å². The number of hydrogen-bond donors (Lipinski definition) is 2. The average Bonchev–Trinajstić information content (AvgIpc) is 2.62. The zero-order valence-electron chi connectivity index (χ0n) is 14.0. The predicted octanol–water partition coefficient (Wildman–Crippen LogP) is -4.09. The zero-order chi connectivity index (χ0) is 17.8.